The molecular weight excluding hydrogens is 572 g/mol. The standard InChI is InChI=1S/C41H68O5/c1-3-5-7-9-11-13-15-17-19-20-22-23-25-27-29-31-33-35-40(43)45-38-39(37-42)46-41(44)36-34-32-30-28-26-24-21-18-16-14-12-10-8-6-4-2/h6,8,11-14,17-19,21-23,39,42H,3-5,7,9-10,15-16,20,24-38H2,1-2H3. The van der Waals surface area contributed by atoms with Gasteiger partial charge in [-0.3, -0.25) is 9.59 Å². The molecule has 1 unspecified atom stereocenters. The van der Waals surface area contributed by atoms with Gasteiger partial charge in [-0.1, -0.05) is 132 Å². The molecule has 0 aromatic rings. The summed E-state index contributed by atoms with van der Waals surface area (Å²) in [6.45, 7) is 3.94. The van der Waals surface area contributed by atoms with Crippen molar-refractivity contribution < 1.29 is 24.2 Å². The normalized spacial score (nSPS) is 13.0. The van der Waals surface area contributed by atoms with E-state index < -0.39 is 6.10 Å². The van der Waals surface area contributed by atoms with Crippen LogP contribution in [0.2, 0.25) is 0 Å². The van der Waals surface area contributed by atoms with Gasteiger partial charge in [0.05, 0.1) is 6.61 Å². The van der Waals surface area contributed by atoms with Crippen LogP contribution in [-0.4, -0.2) is 36.4 Å². The molecule has 0 aliphatic rings. The second-order valence-corrected chi connectivity index (χ2v) is 11.9. The molecule has 0 amide bonds. The van der Waals surface area contributed by atoms with Gasteiger partial charge in [0.2, 0.25) is 0 Å². The fraction of sp³-hybridized carbons (Fsp3) is 0.659. The van der Waals surface area contributed by atoms with E-state index in [9.17, 15) is 14.7 Å². The number of rotatable bonds is 32. The summed E-state index contributed by atoms with van der Waals surface area (Å²) >= 11 is 0. The van der Waals surface area contributed by atoms with Crippen molar-refractivity contribution in [3.63, 3.8) is 0 Å². The first-order valence-corrected chi connectivity index (χ1v) is 18.5. The van der Waals surface area contributed by atoms with Crippen LogP contribution in [0, 0.1) is 0 Å². The molecule has 0 spiro atoms. The maximum absolute atomic E-state index is 12.1. The van der Waals surface area contributed by atoms with E-state index in [1.807, 2.05) is 0 Å². The van der Waals surface area contributed by atoms with Crippen molar-refractivity contribution in [3.8, 4) is 0 Å². The first-order valence-electron chi connectivity index (χ1n) is 18.5. The van der Waals surface area contributed by atoms with Gasteiger partial charge in [-0.15, -0.1) is 0 Å². The van der Waals surface area contributed by atoms with Crippen molar-refractivity contribution in [2.24, 2.45) is 0 Å². The number of ether oxygens (including phenoxy) is 2. The zero-order valence-electron chi connectivity index (χ0n) is 29.6. The van der Waals surface area contributed by atoms with Crippen LogP contribution < -0.4 is 0 Å². The van der Waals surface area contributed by atoms with E-state index in [-0.39, 0.29) is 25.2 Å². The molecule has 262 valence electrons. The van der Waals surface area contributed by atoms with E-state index in [2.05, 4.69) is 86.8 Å². The van der Waals surface area contributed by atoms with Crippen LogP contribution in [0.4, 0.5) is 0 Å². The van der Waals surface area contributed by atoms with Crippen LogP contribution in [0.5, 0.6) is 0 Å². The monoisotopic (exact) mass is 641 g/mol. The average molecular weight is 641 g/mol. The van der Waals surface area contributed by atoms with Gasteiger partial charge >= 0.3 is 11.9 Å². The highest BCUT2D eigenvalue weighted by atomic mass is 16.6. The zero-order chi connectivity index (χ0) is 33.6. The van der Waals surface area contributed by atoms with Crippen LogP contribution in [-0.2, 0) is 19.1 Å². The molecule has 0 heterocycles. The van der Waals surface area contributed by atoms with Crippen molar-refractivity contribution in [1.29, 1.82) is 0 Å². The van der Waals surface area contributed by atoms with Crippen LogP contribution in [0.25, 0.3) is 0 Å². The number of allylic oxidation sites excluding steroid dienone is 12. The molecule has 1 atom stereocenters. The molecule has 0 aromatic carbocycles. The molecule has 0 saturated heterocycles. The summed E-state index contributed by atoms with van der Waals surface area (Å²) in [6.07, 6.45) is 48.1. The van der Waals surface area contributed by atoms with Gasteiger partial charge in [-0.2, -0.15) is 0 Å². The van der Waals surface area contributed by atoms with Crippen molar-refractivity contribution >= 4 is 11.9 Å². The lowest BCUT2D eigenvalue weighted by molar-refractivity contribution is -0.161. The topological polar surface area (TPSA) is 72.8 Å². The van der Waals surface area contributed by atoms with Crippen molar-refractivity contribution in [1.82, 2.24) is 0 Å². The van der Waals surface area contributed by atoms with Gasteiger partial charge in [0.25, 0.3) is 0 Å². The number of aliphatic hydroxyl groups excluding tert-OH is 1. The zero-order valence-corrected chi connectivity index (χ0v) is 29.6. The number of unbranched alkanes of at least 4 members (excludes halogenated alkanes) is 12. The summed E-state index contributed by atoms with van der Waals surface area (Å²) in [5.41, 5.74) is 0. The summed E-state index contributed by atoms with van der Waals surface area (Å²) < 4.78 is 10.6. The number of carbonyl (C=O) groups is 2. The Hall–Kier alpha value is -2.66. The Kier molecular flexibility index (Phi) is 34.7. The average Bonchev–Trinajstić information content (AvgIpc) is 3.06. The Bertz CT molecular complexity index is 864. The maximum atomic E-state index is 12.1. The van der Waals surface area contributed by atoms with E-state index >= 15 is 0 Å². The molecule has 0 aliphatic carbocycles. The summed E-state index contributed by atoms with van der Waals surface area (Å²) in [5, 5.41) is 9.53. The van der Waals surface area contributed by atoms with E-state index in [0.29, 0.717) is 12.8 Å². The molecule has 0 bridgehead atoms. The Morgan fingerprint density at radius 3 is 1.41 bits per heavy atom. The second-order valence-electron chi connectivity index (χ2n) is 11.9. The highest BCUT2D eigenvalue weighted by Crippen LogP contribution is 2.11. The highest BCUT2D eigenvalue weighted by molar-refractivity contribution is 5.70. The fourth-order valence-electron chi connectivity index (χ4n) is 4.69. The maximum Gasteiger partial charge on any atom is 0.306 e. The van der Waals surface area contributed by atoms with Crippen LogP contribution in [0.3, 0.4) is 0 Å². The summed E-state index contributed by atoms with van der Waals surface area (Å²) in [4.78, 5) is 24.2. The van der Waals surface area contributed by atoms with Gasteiger partial charge < -0.3 is 14.6 Å². The van der Waals surface area contributed by atoms with E-state index in [4.69, 9.17) is 9.47 Å². The van der Waals surface area contributed by atoms with Gasteiger partial charge in [0, 0.05) is 12.8 Å². The number of aliphatic hydroxyl groups is 1. The Balaban J connectivity index is 3.67. The quantitative estimate of drug-likeness (QED) is 0.0450. The lowest BCUT2D eigenvalue weighted by Gasteiger charge is -2.15. The third kappa shape index (κ3) is 34.2. The molecule has 5 nitrogen and oxygen atoms in total. The highest BCUT2D eigenvalue weighted by Gasteiger charge is 2.16. The molecule has 0 radical (unpaired) electrons. The van der Waals surface area contributed by atoms with E-state index in [1.54, 1.807) is 0 Å². The molecule has 1 N–H and O–H groups in total. The minimum absolute atomic E-state index is 0.0885. The van der Waals surface area contributed by atoms with Crippen LogP contribution in [0.15, 0.2) is 72.9 Å². The smallest absolute Gasteiger partial charge is 0.306 e. The third-order valence-electron chi connectivity index (χ3n) is 7.48. The second kappa shape index (κ2) is 36.8. The predicted molar refractivity (Wildman–Crippen MR) is 196 cm³/mol. The predicted octanol–water partition coefficient (Wildman–Crippen LogP) is 11.4. The molecule has 46 heavy (non-hydrogen) atoms. The molecule has 0 aromatic heterocycles. The fourth-order valence-corrected chi connectivity index (χ4v) is 4.69. The lowest BCUT2D eigenvalue weighted by Crippen LogP contribution is -2.28. The minimum atomic E-state index is -0.792. The van der Waals surface area contributed by atoms with Crippen molar-refractivity contribution in [3.05, 3.63) is 72.9 Å². The van der Waals surface area contributed by atoms with Crippen LogP contribution >= 0.6 is 0 Å². The van der Waals surface area contributed by atoms with Crippen molar-refractivity contribution in [2.45, 2.75) is 161 Å². The van der Waals surface area contributed by atoms with Crippen LogP contribution in [0.1, 0.15) is 155 Å². The number of esters is 2. The summed E-state index contributed by atoms with van der Waals surface area (Å²) in [7, 11) is 0. The molecular formula is C41H68O5. The Labute approximate surface area is 283 Å². The molecule has 0 aliphatic heterocycles. The summed E-state index contributed by atoms with van der Waals surface area (Å²) in [5.74, 6) is -0.644. The van der Waals surface area contributed by atoms with E-state index in [1.165, 1.54) is 25.7 Å². The third-order valence-corrected chi connectivity index (χ3v) is 7.48. The number of carbonyl (C=O) groups excluding carboxylic acids is 2. The Morgan fingerprint density at radius 2 is 0.935 bits per heavy atom. The van der Waals surface area contributed by atoms with Gasteiger partial charge in [0.1, 0.15) is 6.61 Å². The molecule has 0 saturated carbocycles. The summed E-state index contributed by atoms with van der Waals surface area (Å²) in [6, 6.07) is 0. The van der Waals surface area contributed by atoms with Crippen molar-refractivity contribution in [2.75, 3.05) is 13.2 Å². The van der Waals surface area contributed by atoms with Gasteiger partial charge in [0.15, 0.2) is 6.10 Å². The minimum Gasteiger partial charge on any atom is -0.462 e. The molecule has 0 fully saturated rings. The lowest BCUT2D eigenvalue weighted by atomic mass is 10.1. The van der Waals surface area contributed by atoms with Gasteiger partial charge in [-0.25, -0.2) is 0 Å². The number of hydrogen-bond acceptors (Lipinski definition) is 5. The van der Waals surface area contributed by atoms with Gasteiger partial charge in [-0.05, 0) is 83.5 Å². The Morgan fingerprint density at radius 1 is 0.522 bits per heavy atom. The SMILES string of the molecule is CCC=CCC=CCC=CCCCCCCCC(=O)OC(CO)COC(=O)CCCCCCC=CCC=CCC=CCCCCC. The largest absolute Gasteiger partial charge is 0.462 e. The number of hydrogen-bond donors (Lipinski definition) is 1. The first-order chi connectivity index (χ1) is 22.6. The van der Waals surface area contributed by atoms with E-state index in [0.717, 1.165) is 103 Å². The first kappa shape index (κ1) is 43.3. The molecule has 5 heteroatoms. The molecule has 0 rings (SSSR count).